The number of hydrogen-bond donors (Lipinski definition) is 1. The molecule has 0 bridgehead atoms. The smallest absolute Gasteiger partial charge is 0.262 e. The first kappa shape index (κ1) is 13.5. The van der Waals surface area contributed by atoms with Crippen LogP contribution in [0.3, 0.4) is 0 Å². The van der Waals surface area contributed by atoms with Crippen molar-refractivity contribution in [1.29, 1.82) is 0 Å². The molecular weight excluding hydrogens is 315 g/mol. The van der Waals surface area contributed by atoms with Crippen LogP contribution in [0.5, 0.6) is 5.75 Å². The Morgan fingerprint density at radius 1 is 1.32 bits per heavy atom. The molecule has 2 aromatic rings. The molecule has 0 aliphatic heterocycles. The van der Waals surface area contributed by atoms with Crippen molar-refractivity contribution < 1.29 is 13.9 Å². The highest BCUT2D eigenvalue weighted by Crippen LogP contribution is 2.21. The monoisotopic (exact) mass is 324 g/mol. The molecule has 0 unspecified atom stereocenters. The number of benzene rings is 1. The number of carbonyl (C=O) groups excluding carboxylic acids is 1. The molecule has 0 saturated heterocycles. The van der Waals surface area contributed by atoms with E-state index in [1.807, 2.05) is 0 Å². The van der Waals surface area contributed by atoms with Crippen LogP contribution in [-0.4, -0.2) is 17.5 Å². The molecule has 0 aliphatic rings. The zero-order valence-electron chi connectivity index (χ0n) is 9.77. The predicted molar refractivity (Wildman–Crippen MR) is 72.5 cm³/mol. The Kier molecular flexibility index (Phi) is 4.46. The number of nitrogens with zero attached hydrogens (tertiary/aromatic N) is 1. The fraction of sp³-hybridized carbons (Fsp3) is 0.0769. The molecule has 0 aliphatic carbocycles. The summed E-state index contributed by atoms with van der Waals surface area (Å²) in [4.78, 5) is 15.6. The van der Waals surface area contributed by atoms with Gasteiger partial charge in [-0.25, -0.2) is 9.37 Å². The molecule has 0 radical (unpaired) electrons. The van der Waals surface area contributed by atoms with Crippen molar-refractivity contribution in [3.63, 3.8) is 0 Å². The van der Waals surface area contributed by atoms with E-state index in [9.17, 15) is 9.18 Å². The van der Waals surface area contributed by atoms with Crippen molar-refractivity contribution in [3.8, 4) is 5.75 Å². The Morgan fingerprint density at radius 3 is 2.84 bits per heavy atom. The number of ether oxygens (including phenoxy) is 1. The number of rotatable bonds is 4. The van der Waals surface area contributed by atoms with Crippen molar-refractivity contribution in [2.24, 2.45) is 0 Å². The highest BCUT2D eigenvalue weighted by Gasteiger charge is 2.08. The van der Waals surface area contributed by atoms with Crippen LogP contribution in [0.25, 0.3) is 0 Å². The Balaban J connectivity index is 1.92. The van der Waals surface area contributed by atoms with E-state index in [0.717, 1.165) is 0 Å². The average Bonchev–Trinajstić information content (AvgIpc) is 2.40. The zero-order chi connectivity index (χ0) is 13.7. The summed E-state index contributed by atoms with van der Waals surface area (Å²) < 4.78 is 19.1. The summed E-state index contributed by atoms with van der Waals surface area (Å²) in [5, 5.41) is 2.43. The summed E-state index contributed by atoms with van der Waals surface area (Å²) in [5.41, 5.74) is 0.126. The van der Waals surface area contributed by atoms with E-state index >= 15 is 0 Å². The third-order valence-electron chi connectivity index (χ3n) is 2.23. The molecule has 2 rings (SSSR count). The van der Waals surface area contributed by atoms with E-state index in [-0.39, 0.29) is 12.3 Å². The van der Waals surface area contributed by atoms with Crippen molar-refractivity contribution in [2.75, 3.05) is 11.9 Å². The van der Waals surface area contributed by atoms with E-state index in [1.165, 1.54) is 12.1 Å². The van der Waals surface area contributed by atoms with Gasteiger partial charge in [-0.2, -0.15) is 0 Å². The molecule has 1 aromatic heterocycles. The summed E-state index contributed by atoms with van der Waals surface area (Å²) in [6.07, 6.45) is 1.59. The number of nitrogens with one attached hydrogen (secondary N) is 1. The van der Waals surface area contributed by atoms with Crippen molar-refractivity contribution >= 4 is 27.5 Å². The highest BCUT2D eigenvalue weighted by molar-refractivity contribution is 9.10. The highest BCUT2D eigenvalue weighted by atomic mass is 79.9. The Morgan fingerprint density at radius 2 is 2.11 bits per heavy atom. The van der Waals surface area contributed by atoms with Crippen LogP contribution in [0.1, 0.15) is 0 Å². The van der Waals surface area contributed by atoms with E-state index in [4.69, 9.17) is 4.74 Å². The second-order valence-corrected chi connectivity index (χ2v) is 4.36. The number of halogens is 2. The molecule has 0 atom stereocenters. The van der Waals surface area contributed by atoms with Crippen molar-refractivity contribution in [3.05, 3.63) is 53.0 Å². The number of anilines is 1. The number of para-hydroxylation sites is 1. The topological polar surface area (TPSA) is 51.2 Å². The lowest BCUT2D eigenvalue weighted by Crippen LogP contribution is -2.20. The number of amides is 1. The number of aromatic nitrogens is 1. The Bertz CT molecular complexity index is 592. The summed E-state index contributed by atoms with van der Waals surface area (Å²) in [6, 6.07) is 9.30. The molecule has 1 amide bonds. The maximum atomic E-state index is 13.3. The molecule has 4 nitrogen and oxygen atoms in total. The van der Waals surface area contributed by atoms with Crippen LogP contribution in [0.15, 0.2) is 47.2 Å². The summed E-state index contributed by atoms with van der Waals surface area (Å²) in [5.74, 6) is -0.481. The van der Waals surface area contributed by atoms with Crippen LogP contribution >= 0.6 is 15.9 Å². The summed E-state index contributed by atoms with van der Waals surface area (Å²) in [7, 11) is 0. The second kappa shape index (κ2) is 6.29. The molecule has 98 valence electrons. The molecular formula is C13H10BrFN2O2. The Hall–Kier alpha value is -1.95. The van der Waals surface area contributed by atoms with Gasteiger partial charge in [-0.15, -0.1) is 0 Å². The average molecular weight is 325 g/mol. The van der Waals surface area contributed by atoms with Crippen LogP contribution in [-0.2, 0) is 4.79 Å². The van der Waals surface area contributed by atoms with Gasteiger partial charge in [0, 0.05) is 6.20 Å². The van der Waals surface area contributed by atoms with Gasteiger partial charge >= 0.3 is 0 Å². The molecule has 0 spiro atoms. The van der Waals surface area contributed by atoms with E-state index in [2.05, 4.69) is 26.2 Å². The normalized spacial score (nSPS) is 10.0. The molecule has 1 aromatic carbocycles. The minimum absolute atomic E-state index is 0.126. The second-order valence-electron chi connectivity index (χ2n) is 3.61. The van der Waals surface area contributed by atoms with Crippen molar-refractivity contribution in [2.45, 2.75) is 0 Å². The number of hydrogen-bond acceptors (Lipinski definition) is 3. The first-order chi connectivity index (χ1) is 9.16. The first-order valence-electron chi connectivity index (χ1n) is 5.44. The number of pyridine rings is 1. The van der Waals surface area contributed by atoms with Gasteiger partial charge < -0.3 is 10.1 Å². The standard InChI is InChI=1S/C13H10BrFN2O2/c14-13-11(6-3-7-16-13)19-8-12(18)17-10-5-2-1-4-9(10)15/h1-7H,8H2,(H,17,18). The molecule has 1 N–H and O–H groups in total. The third kappa shape index (κ3) is 3.75. The zero-order valence-corrected chi connectivity index (χ0v) is 11.4. The lowest BCUT2D eigenvalue weighted by atomic mass is 10.3. The first-order valence-corrected chi connectivity index (χ1v) is 6.24. The maximum absolute atomic E-state index is 13.3. The SMILES string of the molecule is O=C(COc1cccnc1Br)Nc1ccccc1F. The number of carbonyl (C=O) groups is 1. The van der Waals surface area contributed by atoms with Crippen LogP contribution < -0.4 is 10.1 Å². The minimum atomic E-state index is -0.488. The van der Waals surface area contributed by atoms with Crippen LogP contribution in [0.4, 0.5) is 10.1 Å². The maximum Gasteiger partial charge on any atom is 0.262 e. The van der Waals surface area contributed by atoms with E-state index < -0.39 is 11.7 Å². The van der Waals surface area contributed by atoms with E-state index in [1.54, 1.807) is 30.5 Å². The van der Waals surface area contributed by atoms with Gasteiger partial charge in [-0.1, -0.05) is 12.1 Å². The predicted octanol–water partition coefficient (Wildman–Crippen LogP) is 3.00. The van der Waals surface area contributed by atoms with Gasteiger partial charge in [-0.05, 0) is 40.2 Å². The van der Waals surface area contributed by atoms with E-state index in [0.29, 0.717) is 10.4 Å². The molecule has 0 saturated carbocycles. The third-order valence-corrected chi connectivity index (χ3v) is 2.83. The van der Waals surface area contributed by atoms with Gasteiger partial charge in [-0.3, -0.25) is 4.79 Å². The van der Waals surface area contributed by atoms with Crippen LogP contribution in [0.2, 0.25) is 0 Å². The Labute approximate surface area is 117 Å². The van der Waals surface area contributed by atoms with Gasteiger partial charge in [0.15, 0.2) is 12.4 Å². The van der Waals surface area contributed by atoms with Crippen LogP contribution in [0, 0.1) is 5.82 Å². The van der Waals surface area contributed by atoms with Gasteiger partial charge in [0.05, 0.1) is 5.69 Å². The fourth-order valence-electron chi connectivity index (χ4n) is 1.37. The van der Waals surface area contributed by atoms with Gasteiger partial charge in [0.2, 0.25) is 0 Å². The summed E-state index contributed by atoms with van der Waals surface area (Å²) >= 11 is 3.20. The molecule has 6 heteroatoms. The largest absolute Gasteiger partial charge is 0.481 e. The fourth-order valence-corrected chi connectivity index (χ4v) is 1.74. The van der Waals surface area contributed by atoms with Gasteiger partial charge in [0.1, 0.15) is 10.4 Å². The van der Waals surface area contributed by atoms with Crippen molar-refractivity contribution in [1.82, 2.24) is 4.98 Å². The quantitative estimate of drug-likeness (QED) is 0.879. The molecule has 0 fully saturated rings. The van der Waals surface area contributed by atoms with Gasteiger partial charge in [0.25, 0.3) is 5.91 Å². The summed E-state index contributed by atoms with van der Waals surface area (Å²) in [6.45, 7) is -0.224. The minimum Gasteiger partial charge on any atom is -0.481 e. The molecule has 1 heterocycles. The lowest BCUT2D eigenvalue weighted by molar-refractivity contribution is -0.118. The lowest BCUT2D eigenvalue weighted by Gasteiger charge is -2.08. The molecule has 19 heavy (non-hydrogen) atoms.